The van der Waals surface area contributed by atoms with E-state index in [-0.39, 0.29) is 30.2 Å². The predicted molar refractivity (Wildman–Crippen MR) is 70.6 cm³/mol. The van der Waals surface area contributed by atoms with Crippen LogP contribution in [0.1, 0.15) is 13.3 Å². The molecule has 0 radical (unpaired) electrons. The molecule has 0 saturated carbocycles. The summed E-state index contributed by atoms with van der Waals surface area (Å²) in [5.41, 5.74) is 0.712. The molecule has 1 fully saturated rings. The first-order valence-corrected chi connectivity index (χ1v) is 6.36. The molecule has 1 saturated heterocycles. The zero-order valence-corrected chi connectivity index (χ0v) is 11.1. The molecule has 19 heavy (non-hydrogen) atoms. The fourth-order valence-corrected chi connectivity index (χ4v) is 2.02. The van der Waals surface area contributed by atoms with Crippen LogP contribution in [0.5, 0.6) is 0 Å². The van der Waals surface area contributed by atoms with Gasteiger partial charge in [0, 0.05) is 31.7 Å². The summed E-state index contributed by atoms with van der Waals surface area (Å²) >= 11 is 0. The summed E-state index contributed by atoms with van der Waals surface area (Å²) in [4.78, 5) is 25.5. The van der Waals surface area contributed by atoms with Crippen molar-refractivity contribution in [1.82, 2.24) is 20.8 Å². The van der Waals surface area contributed by atoms with Crippen LogP contribution in [0.4, 0.5) is 5.69 Å². The zero-order valence-electron chi connectivity index (χ0n) is 11.1. The van der Waals surface area contributed by atoms with Gasteiger partial charge in [0.25, 0.3) is 0 Å². The van der Waals surface area contributed by atoms with Crippen molar-refractivity contribution >= 4 is 17.5 Å². The molecule has 1 aromatic rings. The third-order valence-corrected chi connectivity index (χ3v) is 3.37. The first kappa shape index (κ1) is 13.5. The van der Waals surface area contributed by atoms with Crippen LogP contribution >= 0.6 is 0 Å². The minimum atomic E-state index is -0.286. The van der Waals surface area contributed by atoms with E-state index in [2.05, 4.69) is 20.8 Å². The molecule has 7 heteroatoms. The second-order valence-corrected chi connectivity index (χ2v) is 4.80. The Hall–Kier alpha value is -1.89. The van der Waals surface area contributed by atoms with Crippen LogP contribution in [0, 0.1) is 5.92 Å². The Kier molecular flexibility index (Phi) is 4.16. The maximum Gasteiger partial charge on any atom is 0.227 e. The smallest absolute Gasteiger partial charge is 0.227 e. The van der Waals surface area contributed by atoms with Gasteiger partial charge in [-0.1, -0.05) is 0 Å². The lowest BCUT2D eigenvalue weighted by Crippen LogP contribution is -2.40. The Morgan fingerprint density at radius 1 is 1.68 bits per heavy atom. The van der Waals surface area contributed by atoms with Crippen LogP contribution in [0.2, 0.25) is 0 Å². The van der Waals surface area contributed by atoms with E-state index in [1.165, 1.54) is 0 Å². The number of hydrogen-bond donors (Lipinski definition) is 3. The summed E-state index contributed by atoms with van der Waals surface area (Å²) in [6, 6.07) is 0.214. The first-order chi connectivity index (χ1) is 9.11. The number of amides is 2. The van der Waals surface area contributed by atoms with Gasteiger partial charge in [-0.2, -0.15) is 5.10 Å². The Morgan fingerprint density at radius 3 is 3.11 bits per heavy atom. The topological polar surface area (TPSA) is 90.1 Å². The van der Waals surface area contributed by atoms with Gasteiger partial charge in [0.05, 0.1) is 17.8 Å². The lowest BCUT2D eigenvalue weighted by atomic mass is 10.1. The second kappa shape index (κ2) is 5.83. The highest BCUT2D eigenvalue weighted by atomic mass is 16.2. The van der Waals surface area contributed by atoms with Crippen molar-refractivity contribution in [3.05, 3.63) is 12.4 Å². The van der Waals surface area contributed by atoms with Crippen molar-refractivity contribution in [1.29, 1.82) is 0 Å². The Balaban J connectivity index is 1.90. The van der Waals surface area contributed by atoms with Gasteiger partial charge < -0.3 is 15.5 Å². The highest BCUT2D eigenvalue weighted by molar-refractivity contribution is 6.00. The van der Waals surface area contributed by atoms with Crippen molar-refractivity contribution < 1.29 is 9.59 Å². The minimum absolute atomic E-state index is 0.0387. The molecule has 3 N–H and O–H groups in total. The average molecular weight is 265 g/mol. The Morgan fingerprint density at radius 2 is 2.47 bits per heavy atom. The summed E-state index contributed by atoms with van der Waals surface area (Å²) in [7, 11) is 1.84. The van der Waals surface area contributed by atoms with Crippen LogP contribution in [0.15, 0.2) is 12.4 Å². The molecule has 1 aliphatic rings. The van der Waals surface area contributed by atoms with Gasteiger partial charge in [-0.25, -0.2) is 0 Å². The van der Waals surface area contributed by atoms with Gasteiger partial charge in [0.1, 0.15) is 0 Å². The fraction of sp³-hybridized carbons (Fsp3) is 0.583. The first-order valence-electron chi connectivity index (χ1n) is 6.36. The van der Waals surface area contributed by atoms with Gasteiger partial charge in [0.2, 0.25) is 11.8 Å². The van der Waals surface area contributed by atoms with E-state index in [0.29, 0.717) is 18.8 Å². The number of hydrogen-bond acceptors (Lipinski definition) is 4. The normalized spacial score (nSPS) is 20.6. The number of aromatic amines is 1. The maximum atomic E-state index is 12.0. The molecule has 2 rings (SSSR count). The van der Waals surface area contributed by atoms with Gasteiger partial charge in [-0.05, 0) is 14.0 Å². The van der Waals surface area contributed by atoms with Crippen LogP contribution in [-0.4, -0.2) is 48.2 Å². The molecule has 2 heterocycles. The Bertz CT molecular complexity index is 445. The highest BCUT2D eigenvalue weighted by Gasteiger charge is 2.35. The van der Waals surface area contributed by atoms with E-state index in [0.717, 1.165) is 0 Å². The predicted octanol–water partition coefficient (Wildman–Crippen LogP) is -0.513. The van der Waals surface area contributed by atoms with E-state index < -0.39 is 0 Å². The number of nitrogens with zero attached hydrogens (tertiary/aromatic N) is 2. The van der Waals surface area contributed by atoms with Gasteiger partial charge >= 0.3 is 0 Å². The standard InChI is InChI=1S/C12H19N5O2/c1-8(13-2)4-14-12(19)9-3-11(18)17(7-9)10-5-15-16-6-10/h5-6,8-9,13H,3-4,7H2,1-2H3,(H,14,19)(H,15,16). The molecule has 2 unspecified atom stereocenters. The lowest BCUT2D eigenvalue weighted by molar-refractivity contribution is -0.126. The van der Waals surface area contributed by atoms with Crippen molar-refractivity contribution in [2.24, 2.45) is 5.92 Å². The largest absolute Gasteiger partial charge is 0.354 e. The molecule has 0 spiro atoms. The van der Waals surface area contributed by atoms with E-state index in [1.54, 1.807) is 17.3 Å². The molecule has 104 valence electrons. The van der Waals surface area contributed by atoms with E-state index >= 15 is 0 Å². The van der Waals surface area contributed by atoms with Crippen LogP contribution in [-0.2, 0) is 9.59 Å². The molecule has 1 aliphatic heterocycles. The van der Waals surface area contributed by atoms with Gasteiger partial charge in [-0.15, -0.1) is 0 Å². The Labute approximate surface area is 111 Å². The monoisotopic (exact) mass is 265 g/mol. The number of H-pyrrole nitrogens is 1. The molecule has 2 atom stereocenters. The number of anilines is 1. The summed E-state index contributed by atoms with van der Waals surface area (Å²) in [6.07, 6.45) is 3.49. The van der Waals surface area contributed by atoms with E-state index in [4.69, 9.17) is 0 Å². The molecule has 0 aromatic carbocycles. The molecule has 0 aliphatic carbocycles. The summed E-state index contributed by atoms with van der Waals surface area (Å²) < 4.78 is 0. The van der Waals surface area contributed by atoms with Crippen molar-refractivity contribution in [3.63, 3.8) is 0 Å². The summed E-state index contributed by atoms with van der Waals surface area (Å²) in [5, 5.41) is 12.4. The quantitative estimate of drug-likeness (QED) is 0.668. The lowest BCUT2D eigenvalue weighted by Gasteiger charge is -2.15. The molecule has 2 amide bonds. The number of aromatic nitrogens is 2. The maximum absolute atomic E-state index is 12.0. The average Bonchev–Trinajstić information content (AvgIpc) is 3.04. The number of likely N-dealkylation sites (N-methyl/N-ethyl adjacent to an activating group) is 1. The number of carbonyl (C=O) groups is 2. The van der Waals surface area contributed by atoms with E-state index in [9.17, 15) is 9.59 Å². The number of rotatable bonds is 5. The molecular weight excluding hydrogens is 246 g/mol. The van der Waals surface area contributed by atoms with Crippen LogP contribution < -0.4 is 15.5 Å². The summed E-state index contributed by atoms with van der Waals surface area (Å²) in [6.45, 7) is 2.96. The van der Waals surface area contributed by atoms with Gasteiger partial charge in [0.15, 0.2) is 0 Å². The van der Waals surface area contributed by atoms with Crippen LogP contribution in [0.3, 0.4) is 0 Å². The highest BCUT2D eigenvalue weighted by Crippen LogP contribution is 2.23. The van der Waals surface area contributed by atoms with Crippen LogP contribution in [0.25, 0.3) is 0 Å². The fourth-order valence-electron chi connectivity index (χ4n) is 2.02. The minimum Gasteiger partial charge on any atom is -0.354 e. The van der Waals surface area contributed by atoms with Gasteiger partial charge in [-0.3, -0.25) is 14.7 Å². The second-order valence-electron chi connectivity index (χ2n) is 4.80. The molecule has 1 aromatic heterocycles. The zero-order chi connectivity index (χ0) is 13.8. The van der Waals surface area contributed by atoms with E-state index in [1.807, 2.05) is 14.0 Å². The summed E-state index contributed by atoms with van der Waals surface area (Å²) in [5.74, 6) is -0.392. The van der Waals surface area contributed by atoms with Crippen molar-refractivity contribution in [2.45, 2.75) is 19.4 Å². The third kappa shape index (κ3) is 3.11. The molecular formula is C12H19N5O2. The SMILES string of the molecule is CNC(C)CNC(=O)C1CC(=O)N(c2cn[nH]c2)C1. The molecule has 7 nitrogen and oxygen atoms in total. The molecule has 0 bridgehead atoms. The third-order valence-electron chi connectivity index (χ3n) is 3.37. The van der Waals surface area contributed by atoms with Crippen molar-refractivity contribution in [3.8, 4) is 0 Å². The number of nitrogens with one attached hydrogen (secondary N) is 3. The van der Waals surface area contributed by atoms with Crippen molar-refractivity contribution in [2.75, 3.05) is 25.0 Å². The number of carbonyl (C=O) groups excluding carboxylic acids is 2.